The van der Waals surface area contributed by atoms with E-state index in [9.17, 15) is 9.90 Å². The molecule has 0 radical (unpaired) electrons. The average Bonchev–Trinajstić information content (AvgIpc) is 2.91. The SMILES string of the molecule is O=C([O-])COc1cc(-c2ccccc2)nc(-c2ccc3cc(OCc4ccccc4Cl)ccc3c2)n1.[Na+]. The molecule has 1 aromatic heterocycles. The zero-order valence-corrected chi connectivity index (χ0v) is 22.8. The Labute approximate surface area is 241 Å². The van der Waals surface area contributed by atoms with Crippen LogP contribution in [0.3, 0.4) is 0 Å². The Morgan fingerprint density at radius 3 is 2.30 bits per heavy atom. The molecular formula is C29H20ClN2NaO4. The van der Waals surface area contributed by atoms with Crippen LogP contribution < -0.4 is 44.1 Å². The van der Waals surface area contributed by atoms with Gasteiger partial charge in [0.1, 0.15) is 19.0 Å². The topological polar surface area (TPSA) is 84.4 Å². The number of halogens is 1. The third-order valence-electron chi connectivity index (χ3n) is 5.53. The van der Waals surface area contributed by atoms with Crippen molar-refractivity contribution in [3.05, 3.63) is 108 Å². The third-order valence-corrected chi connectivity index (χ3v) is 5.90. The second-order valence-corrected chi connectivity index (χ2v) is 8.45. The number of aromatic nitrogens is 2. The second-order valence-electron chi connectivity index (χ2n) is 8.05. The van der Waals surface area contributed by atoms with Gasteiger partial charge in [0.05, 0.1) is 11.7 Å². The van der Waals surface area contributed by atoms with Gasteiger partial charge in [-0.25, -0.2) is 4.98 Å². The molecule has 0 N–H and O–H groups in total. The van der Waals surface area contributed by atoms with Crippen molar-refractivity contribution >= 4 is 28.3 Å². The molecule has 5 aromatic rings. The molecule has 1 heterocycles. The van der Waals surface area contributed by atoms with Crippen LogP contribution in [0.15, 0.2) is 97.1 Å². The van der Waals surface area contributed by atoms with E-state index in [2.05, 4.69) is 4.98 Å². The molecule has 0 unspecified atom stereocenters. The smallest absolute Gasteiger partial charge is 0.546 e. The number of hydrogen-bond donors (Lipinski definition) is 0. The van der Waals surface area contributed by atoms with Crippen LogP contribution in [0.2, 0.25) is 5.02 Å². The quantitative estimate of drug-likeness (QED) is 0.293. The normalized spacial score (nSPS) is 10.5. The first-order chi connectivity index (χ1) is 17.5. The van der Waals surface area contributed by atoms with Gasteiger partial charge in [-0.2, -0.15) is 4.98 Å². The first-order valence-electron chi connectivity index (χ1n) is 11.2. The second kappa shape index (κ2) is 12.2. The van der Waals surface area contributed by atoms with Crippen LogP contribution in [-0.4, -0.2) is 22.5 Å². The van der Waals surface area contributed by atoms with Crippen molar-refractivity contribution < 1.29 is 48.9 Å². The maximum absolute atomic E-state index is 10.9. The van der Waals surface area contributed by atoms with Crippen LogP contribution in [0.4, 0.5) is 0 Å². The van der Waals surface area contributed by atoms with E-state index in [1.54, 1.807) is 6.07 Å². The number of rotatable bonds is 8. The fourth-order valence-corrected chi connectivity index (χ4v) is 3.94. The van der Waals surface area contributed by atoms with E-state index in [0.717, 1.165) is 33.2 Å². The molecular weight excluding hydrogens is 499 g/mol. The summed E-state index contributed by atoms with van der Waals surface area (Å²) >= 11 is 6.22. The molecule has 0 aliphatic heterocycles. The number of hydrogen-bond acceptors (Lipinski definition) is 6. The predicted molar refractivity (Wildman–Crippen MR) is 137 cm³/mol. The van der Waals surface area contributed by atoms with Gasteiger partial charge < -0.3 is 19.4 Å². The van der Waals surface area contributed by atoms with Gasteiger partial charge in [0, 0.05) is 27.8 Å². The van der Waals surface area contributed by atoms with Crippen LogP contribution in [0.25, 0.3) is 33.4 Å². The van der Waals surface area contributed by atoms with Crippen molar-refractivity contribution in [2.75, 3.05) is 6.61 Å². The largest absolute Gasteiger partial charge is 1.00 e. The third kappa shape index (κ3) is 6.67. The minimum Gasteiger partial charge on any atom is -0.546 e. The number of carboxylic acids is 1. The molecule has 8 heteroatoms. The van der Waals surface area contributed by atoms with E-state index in [-0.39, 0.29) is 35.4 Å². The maximum Gasteiger partial charge on any atom is 1.00 e. The van der Waals surface area contributed by atoms with Gasteiger partial charge in [-0.15, -0.1) is 0 Å². The Morgan fingerprint density at radius 2 is 1.51 bits per heavy atom. The van der Waals surface area contributed by atoms with Gasteiger partial charge >= 0.3 is 29.6 Å². The summed E-state index contributed by atoms with van der Waals surface area (Å²) < 4.78 is 11.3. The van der Waals surface area contributed by atoms with Crippen molar-refractivity contribution in [2.24, 2.45) is 0 Å². The standard InChI is InChI=1S/C29H21ClN2O4.Na/c30-25-9-5-4-8-23(25)17-35-24-13-12-20-14-22(11-10-21(20)15-24)29-31-26(19-6-2-1-3-7-19)16-27(32-29)36-18-28(33)34;/h1-16H,17-18H2,(H,33,34);/q;+1/p-1. The van der Waals surface area contributed by atoms with E-state index in [0.29, 0.717) is 23.1 Å². The van der Waals surface area contributed by atoms with Gasteiger partial charge in [0.15, 0.2) is 5.82 Å². The molecule has 0 amide bonds. The minimum atomic E-state index is -1.32. The fourth-order valence-electron chi connectivity index (χ4n) is 3.75. The molecule has 6 nitrogen and oxygen atoms in total. The van der Waals surface area contributed by atoms with Crippen molar-refractivity contribution in [1.29, 1.82) is 0 Å². The summed E-state index contributed by atoms with van der Waals surface area (Å²) in [6, 6.07) is 30.4. The number of benzene rings is 4. The predicted octanol–water partition coefficient (Wildman–Crippen LogP) is 2.33. The molecule has 0 fully saturated rings. The van der Waals surface area contributed by atoms with Crippen LogP contribution in [-0.2, 0) is 11.4 Å². The van der Waals surface area contributed by atoms with Crippen LogP contribution in [0, 0.1) is 0 Å². The number of nitrogens with zero attached hydrogens (tertiary/aromatic N) is 2. The number of ether oxygens (including phenoxy) is 2. The Hall–Kier alpha value is -3.42. The van der Waals surface area contributed by atoms with E-state index in [1.807, 2.05) is 91.0 Å². The number of aliphatic carboxylic acids is 1. The molecule has 0 bridgehead atoms. The van der Waals surface area contributed by atoms with Crippen LogP contribution in [0.5, 0.6) is 11.6 Å². The summed E-state index contributed by atoms with van der Waals surface area (Å²) in [5, 5.41) is 13.5. The summed E-state index contributed by atoms with van der Waals surface area (Å²) in [4.78, 5) is 20.0. The molecule has 178 valence electrons. The van der Waals surface area contributed by atoms with Crippen molar-refractivity contribution in [2.45, 2.75) is 6.61 Å². The summed E-state index contributed by atoms with van der Waals surface area (Å²) in [5.74, 6) is -0.0118. The van der Waals surface area contributed by atoms with E-state index >= 15 is 0 Å². The average molecular weight is 519 g/mol. The number of fused-ring (bicyclic) bond motifs is 1. The monoisotopic (exact) mass is 518 g/mol. The van der Waals surface area contributed by atoms with E-state index < -0.39 is 12.6 Å². The van der Waals surface area contributed by atoms with Gasteiger partial charge in [0.25, 0.3) is 0 Å². The molecule has 37 heavy (non-hydrogen) atoms. The molecule has 4 aromatic carbocycles. The van der Waals surface area contributed by atoms with E-state index in [4.69, 9.17) is 26.1 Å². The first kappa shape index (κ1) is 26.6. The van der Waals surface area contributed by atoms with Gasteiger partial charge in [-0.3, -0.25) is 0 Å². The summed E-state index contributed by atoms with van der Waals surface area (Å²) in [5.41, 5.74) is 3.17. The Balaban J connectivity index is 0.00000320. The maximum atomic E-state index is 10.9. The van der Waals surface area contributed by atoms with E-state index in [1.165, 1.54) is 0 Å². The zero-order chi connectivity index (χ0) is 24.9. The molecule has 5 rings (SSSR count). The minimum absolute atomic E-state index is 0. The fraction of sp³-hybridized carbons (Fsp3) is 0.0690. The summed E-state index contributed by atoms with van der Waals surface area (Å²) in [6.07, 6.45) is 0. The molecule has 0 saturated carbocycles. The van der Waals surface area contributed by atoms with Crippen molar-refractivity contribution in [3.63, 3.8) is 0 Å². The first-order valence-corrected chi connectivity index (χ1v) is 11.6. The Bertz CT molecular complexity index is 1550. The van der Waals surface area contributed by atoms with Gasteiger partial charge in [-0.1, -0.05) is 78.3 Å². The van der Waals surface area contributed by atoms with Crippen LogP contribution >= 0.6 is 11.6 Å². The summed E-state index contributed by atoms with van der Waals surface area (Å²) in [7, 11) is 0. The zero-order valence-electron chi connectivity index (χ0n) is 20.1. The van der Waals surface area contributed by atoms with Gasteiger partial charge in [0.2, 0.25) is 5.88 Å². The molecule has 0 spiro atoms. The van der Waals surface area contributed by atoms with Crippen LogP contribution in [0.1, 0.15) is 5.56 Å². The van der Waals surface area contributed by atoms with Crippen molar-refractivity contribution in [1.82, 2.24) is 9.97 Å². The number of carbonyl (C=O) groups is 1. The van der Waals surface area contributed by atoms with Crippen molar-refractivity contribution in [3.8, 4) is 34.3 Å². The Kier molecular flexibility index (Phi) is 8.79. The number of carboxylic acid groups (broad SMARTS) is 1. The van der Waals surface area contributed by atoms with Gasteiger partial charge in [-0.05, 0) is 35.0 Å². The molecule has 0 saturated heterocycles. The molecule has 0 atom stereocenters. The number of carbonyl (C=O) groups excluding carboxylic acids is 1. The summed E-state index contributed by atoms with van der Waals surface area (Å²) in [6.45, 7) is -0.225. The molecule has 0 aliphatic rings. The molecule has 0 aliphatic carbocycles. The Morgan fingerprint density at radius 1 is 0.784 bits per heavy atom.